The number of aromatic nitrogens is 1. The van der Waals surface area contributed by atoms with Crippen molar-refractivity contribution in [1.29, 1.82) is 0 Å². The molecule has 2 aliphatic rings. The van der Waals surface area contributed by atoms with Gasteiger partial charge in [0, 0.05) is 35.8 Å². The summed E-state index contributed by atoms with van der Waals surface area (Å²) in [5, 5.41) is 7.34. The fourth-order valence-electron chi connectivity index (χ4n) is 7.11. The van der Waals surface area contributed by atoms with E-state index in [1.807, 2.05) is 18.5 Å². The van der Waals surface area contributed by atoms with E-state index in [9.17, 15) is 0 Å². The van der Waals surface area contributed by atoms with Gasteiger partial charge in [-0.15, -0.1) is 0 Å². The topological polar surface area (TPSA) is 49.3 Å². The van der Waals surface area contributed by atoms with Gasteiger partial charge < -0.3 is 10.6 Å². The van der Waals surface area contributed by atoms with Crippen LogP contribution < -0.4 is 10.6 Å². The van der Waals surface area contributed by atoms with Crippen molar-refractivity contribution in [3.05, 3.63) is 211 Å². The number of pyridine rings is 1. The number of amidine groups is 1. The van der Waals surface area contributed by atoms with Crippen LogP contribution in [0.5, 0.6) is 0 Å². The summed E-state index contributed by atoms with van der Waals surface area (Å²) in [6.45, 7) is 0.841. The molecule has 0 saturated carbocycles. The van der Waals surface area contributed by atoms with Crippen molar-refractivity contribution in [3.8, 4) is 44.5 Å². The van der Waals surface area contributed by atoms with Gasteiger partial charge in [-0.3, -0.25) is 4.98 Å². The van der Waals surface area contributed by atoms with Crippen LogP contribution in [0.2, 0.25) is 0 Å². The van der Waals surface area contributed by atoms with Gasteiger partial charge in [0.05, 0.1) is 11.7 Å². The van der Waals surface area contributed by atoms with Crippen LogP contribution in [0, 0.1) is 0 Å². The summed E-state index contributed by atoms with van der Waals surface area (Å²) in [7, 11) is 0. The van der Waals surface area contributed by atoms with Crippen molar-refractivity contribution < 1.29 is 0 Å². The molecule has 0 saturated heterocycles. The molecule has 0 spiro atoms. The molecule has 248 valence electrons. The molecule has 0 bridgehead atoms. The lowest BCUT2D eigenvalue weighted by molar-refractivity contribution is 0.749. The molecule has 1 aromatic heterocycles. The Hall–Kier alpha value is -6.78. The number of rotatable bonds is 7. The molecule has 9 rings (SSSR count). The number of aliphatic imine (C=N–C) groups is 1. The fourth-order valence-corrected chi connectivity index (χ4v) is 7.11. The first-order valence-corrected chi connectivity index (χ1v) is 17.7. The van der Waals surface area contributed by atoms with Crippen LogP contribution in [0.25, 0.3) is 50.2 Å². The quantitative estimate of drug-likeness (QED) is 0.178. The first kappa shape index (κ1) is 31.2. The van der Waals surface area contributed by atoms with E-state index < -0.39 is 0 Å². The highest BCUT2D eigenvalue weighted by Gasteiger charge is 2.25. The molecule has 1 atom stereocenters. The number of fused-ring (bicyclic) bond motifs is 1. The molecule has 1 unspecified atom stereocenters. The normalized spacial score (nSPS) is 14.7. The van der Waals surface area contributed by atoms with Gasteiger partial charge in [0.25, 0.3) is 0 Å². The average molecular weight is 669 g/mol. The molecule has 0 radical (unpaired) electrons. The van der Waals surface area contributed by atoms with Crippen LogP contribution in [0.1, 0.15) is 28.3 Å². The fraction of sp³-hybridized carbons (Fsp3) is 0.0417. The lowest BCUT2D eigenvalue weighted by atomic mass is 9.91. The minimum Gasteiger partial charge on any atom is -0.381 e. The number of hydrogen-bond donors (Lipinski definition) is 2. The molecule has 4 heteroatoms. The van der Waals surface area contributed by atoms with Crippen LogP contribution in [0.3, 0.4) is 0 Å². The smallest absolute Gasteiger partial charge is 0.134 e. The van der Waals surface area contributed by atoms with Gasteiger partial charge in [0.2, 0.25) is 0 Å². The summed E-state index contributed by atoms with van der Waals surface area (Å²) >= 11 is 0. The number of allylic oxidation sites excluding steroid dienone is 2. The molecule has 6 aromatic carbocycles. The van der Waals surface area contributed by atoms with Gasteiger partial charge >= 0.3 is 0 Å². The predicted molar refractivity (Wildman–Crippen MR) is 215 cm³/mol. The van der Waals surface area contributed by atoms with Crippen molar-refractivity contribution in [2.45, 2.75) is 6.04 Å². The van der Waals surface area contributed by atoms with Crippen LogP contribution in [0.15, 0.2) is 193 Å². The first-order valence-electron chi connectivity index (χ1n) is 17.7. The number of nitrogens with one attached hydrogen (secondary N) is 2. The maximum absolute atomic E-state index is 5.35. The highest BCUT2D eigenvalue weighted by atomic mass is 15.1. The summed E-state index contributed by atoms with van der Waals surface area (Å²) in [5.74, 6) is 0.849. The van der Waals surface area contributed by atoms with Crippen LogP contribution in [0.4, 0.5) is 5.69 Å². The van der Waals surface area contributed by atoms with Crippen molar-refractivity contribution in [1.82, 2.24) is 15.6 Å². The maximum Gasteiger partial charge on any atom is 0.134 e. The van der Waals surface area contributed by atoms with Crippen molar-refractivity contribution >= 4 is 17.2 Å². The van der Waals surface area contributed by atoms with E-state index in [1.54, 1.807) is 0 Å². The van der Waals surface area contributed by atoms with E-state index in [0.717, 1.165) is 73.8 Å². The lowest BCUT2D eigenvalue weighted by Crippen LogP contribution is -2.32. The predicted octanol–water partition coefficient (Wildman–Crippen LogP) is 11.0. The second kappa shape index (κ2) is 13.9. The van der Waals surface area contributed by atoms with Crippen LogP contribution in [-0.2, 0) is 0 Å². The van der Waals surface area contributed by atoms with E-state index in [2.05, 4.69) is 186 Å². The number of nitrogens with zero attached hydrogens (tertiary/aromatic N) is 2. The van der Waals surface area contributed by atoms with Gasteiger partial charge in [-0.25, -0.2) is 4.99 Å². The third-order valence-electron chi connectivity index (χ3n) is 9.85. The third-order valence-corrected chi connectivity index (χ3v) is 9.85. The monoisotopic (exact) mass is 668 g/mol. The van der Waals surface area contributed by atoms with E-state index in [4.69, 9.17) is 4.99 Å². The Morgan fingerprint density at radius 2 is 1.10 bits per heavy atom. The Morgan fingerprint density at radius 1 is 0.500 bits per heavy atom. The molecule has 2 N–H and O–H groups in total. The SMILES string of the molecule is C1=CCNC(c2ccc(-c3cc(C4=Nc5cc(-c6ccccc6)ccc5C(c5ccccc5)N4)cc(-c4ccc(-c5cccnc5)cc4)c3)cc2)=C1. The summed E-state index contributed by atoms with van der Waals surface area (Å²) in [4.78, 5) is 9.67. The molecule has 4 nitrogen and oxygen atoms in total. The van der Waals surface area contributed by atoms with Crippen LogP contribution >= 0.6 is 0 Å². The first-order chi connectivity index (χ1) is 25.7. The van der Waals surface area contributed by atoms with E-state index in [-0.39, 0.29) is 6.04 Å². The van der Waals surface area contributed by atoms with Crippen LogP contribution in [-0.4, -0.2) is 17.4 Å². The van der Waals surface area contributed by atoms with E-state index in [1.165, 1.54) is 16.7 Å². The molecule has 2 aliphatic heterocycles. The Kier molecular flexibility index (Phi) is 8.32. The number of benzene rings is 6. The minimum atomic E-state index is -0.0519. The van der Waals surface area contributed by atoms with E-state index >= 15 is 0 Å². The molecular weight excluding hydrogens is 633 g/mol. The Labute approximate surface area is 304 Å². The van der Waals surface area contributed by atoms with Crippen molar-refractivity contribution in [3.63, 3.8) is 0 Å². The van der Waals surface area contributed by atoms with Crippen molar-refractivity contribution in [2.75, 3.05) is 6.54 Å². The summed E-state index contributed by atoms with van der Waals surface area (Å²) in [6.07, 6.45) is 10.1. The van der Waals surface area contributed by atoms with Gasteiger partial charge in [-0.2, -0.15) is 0 Å². The van der Waals surface area contributed by atoms with Gasteiger partial charge in [0.15, 0.2) is 0 Å². The molecule has 7 aromatic rings. The number of dihydropyridines is 1. The molecular formula is C48H36N4. The molecule has 3 heterocycles. The molecule has 0 fully saturated rings. The maximum atomic E-state index is 5.35. The zero-order chi connectivity index (χ0) is 34.7. The van der Waals surface area contributed by atoms with Gasteiger partial charge in [-0.05, 0) is 92.0 Å². The van der Waals surface area contributed by atoms with E-state index in [0.29, 0.717) is 0 Å². The number of hydrogen-bond acceptors (Lipinski definition) is 4. The summed E-state index contributed by atoms with van der Waals surface area (Å²) in [5.41, 5.74) is 15.8. The highest BCUT2D eigenvalue weighted by Crippen LogP contribution is 2.39. The zero-order valence-corrected chi connectivity index (χ0v) is 28.6. The standard InChI is InChI=1S/C48H36N4/c1-3-10-33(11-4-1)39-24-25-44-46(31-39)51-48(52-47(44)38-12-5-2-6-13-38)43-29-41(35-18-16-34(17-19-35)40-14-9-26-49-32-40)28-42(30-43)36-20-22-37(23-21-36)45-15-7-8-27-50-45/h1-26,28-32,47,50H,27H2,(H,51,52). The molecule has 0 aliphatic carbocycles. The lowest BCUT2D eigenvalue weighted by Gasteiger charge is -2.28. The molecule has 52 heavy (non-hydrogen) atoms. The summed E-state index contributed by atoms with van der Waals surface area (Å²) in [6, 6.07) is 56.3. The average Bonchev–Trinajstić information content (AvgIpc) is 3.24. The van der Waals surface area contributed by atoms with Gasteiger partial charge in [0.1, 0.15) is 5.84 Å². The Balaban J connectivity index is 1.17. The summed E-state index contributed by atoms with van der Waals surface area (Å²) < 4.78 is 0. The largest absolute Gasteiger partial charge is 0.381 e. The Bertz CT molecular complexity index is 2450. The second-order valence-corrected chi connectivity index (χ2v) is 13.2. The zero-order valence-electron chi connectivity index (χ0n) is 28.6. The highest BCUT2D eigenvalue weighted by molar-refractivity contribution is 6.04. The third kappa shape index (κ3) is 6.34. The van der Waals surface area contributed by atoms with Crippen molar-refractivity contribution in [2.24, 2.45) is 4.99 Å². The molecule has 0 amide bonds. The Morgan fingerprint density at radius 3 is 1.75 bits per heavy atom. The second-order valence-electron chi connectivity index (χ2n) is 13.2. The minimum absolute atomic E-state index is 0.0519. The van der Waals surface area contributed by atoms with Gasteiger partial charge in [-0.1, -0.05) is 140 Å².